The summed E-state index contributed by atoms with van der Waals surface area (Å²) in [6.45, 7) is 6.27. The smallest absolute Gasteiger partial charge is 0.252 e. The molecule has 0 radical (unpaired) electrons. The molecule has 0 saturated heterocycles. The molecule has 1 N–H and O–H groups in total. The van der Waals surface area contributed by atoms with E-state index in [1.165, 1.54) is 0 Å². The number of amides is 1. The second-order valence-corrected chi connectivity index (χ2v) is 6.89. The van der Waals surface area contributed by atoms with Crippen LogP contribution >= 0.6 is 11.8 Å². The van der Waals surface area contributed by atoms with Crippen molar-refractivity contribution in [3.63, 3.8) is 0 Å². The van der Waals surface area contributed by atoms with Gasteiger partial charge in [-0.05, 0) is 24.6 Å². The summed E-state index contributed by atoms with van der Waals surface area (Å²) in [6, 6.07) is 17.8. The van der Waals surface area contributed by atoms with E-state index in [0.717, 1.165) is 16.0 Å². The van der Waals surface area contributed by atoms with Crippen LogP contribution in [-0.2, 0) is 0 Å². The molecule has 2 rings (SSSR count). The predicted octanol–water partition coefficient (Wildman–Crippen LogP) is 4.68. The number of benzene rings is 2. The zero-order valence-corrected chi connectivity index (χ0v) is 13.5. The summed E-state index contributed by atoms with van der Waals surface area (Å²) in [7, 11) is 0. The number of hydrogen-bond donors (Lipinski definition) is 1. The molecule has 2 aromatic rings. The first-order chi connectivity index (χ1) is 10.1. The van der Waals surface area contributed by atoms with Crippen molar-refractivity contribution in [3.05, 3.63) is 65.7 Å². The van der Waals surface area contributed by atoms with E-state index >= 15 is 0 Å². The lowest BCUT2D eigenvalue weighted by Crippen LogP contribution is -2.27. The van der Waals surface area contributed by atoms with Crippen LogP contribution in [0.1, 0.15) is 42.7 Å². The normalized spacial score (nSPS) is 12.2. The van der Waals surface area contributed by atoms with Crippen LogP contribution in [-0.4, -0.2) is 11.2 Å². The Morgan fingerprint density at radius 3 is 2.24 bits per heavy atom. The molecule has 0 spiro atoms. The van der Waals surface area contributed by atoms with E-state index < -0.39 is 0 Å². The number of hydrogen-bond acceptors (Lipinski definition) is 2. The highest BCUT2D eigenvalue weighted by Gasteiger charge is 2.15. The number of carbonyl (C=O) groups is 1. The second kappa shape index (κ2) is 7.32. The number of thioether (sulfide) groups is 1. The predicted molar refractivity (Wildman–Crippen MR) is 89.8 cm³/mol. The van der Waals surface area contributed by atoms with E-state index in [0.29, 0.717) is 5.25 Å². The third-order valence-corrected chi connectivity index (χ3v) is 4.22. The Balaban J connectivity index is 2.14. The van der Waals surface area contributed by atoms with E-state index in [-0.39, 0.29) is 11.9 Å². The minimum absolute atomic E-state index is 0.00388. The molecule has 0 saturated carbocycles. The van der Waals surface area contributed by atoms with E-state index in [1.807, 2.05) is 61.5 Å². The molecule has 2 nitrogen and oxygen atoms in total. The average molecular weight is 299 g/mol. The van der Waals surface area contributed by atoms with Crippen LogP contribution in [0.2, 0.25) is 0 Å². The summed E-state index contributed by atoms with van der Waals surface area (Å²) < 4.78 is 0. The van der Waals surface area contributed by atoms with Crippen LogP contribution in [0.5, 0.6) is 0 Å². The van der Waals surface area contributed by atoms with E-state index in [2.05, 4.69) is 19.2 Å². The molecule has 1 atom stereocenters. The fraction of sp³-hybridized carbons (Fsp3) is 0.278. The van der Waals surface area contributed by atoms with Gasteiger partial charge in [-0.25, -0.2) is 0 Å². The molecule has 0 aliphatic carbocycles. The first-order valence-corrected chi connectivity index (χ1v) is 8.07. The molecule has 2 aromatic carbocycles. The molecule has 0 heterocycles. The molecule has 0 aliphatic rings. The van der Waals surface area contributed by atoms with E-state index in [9.17, 15) is 4.79 Å². The molecule has 0 unspecified atom stereocenters. The SMILES string of the molecule is CC(C)Sc1ccccc1C(=O)N[C@@H](C)c1ccccc1. The lowest BCUT2D eigenvalue weighted by molar-refractivity contribution is 0.0937. The molecule has 21 heavy (non-hydrogen) atoms. The van der Waals surface area contributed by atoms with Gasteiger partial charge in [0.1, 0.15) is 0 Å². The highest BCUT2D eigenvalue weighted by Crippen LogP contribution is 2.27. The van der Waals surface area contributed by atoms with Gasteiger partial charge in [-0.3, -0.25) is 4.79 Å². The molecule has 1 amide bonds. The monoisotopic (exact) mass is 299 g/mol. The Kier molecular flexibility index (Phi) is 5.45. The molecular formula is C18H21NOS. The Morgan fingerprint density at radius 2 is 1.57 bits per heavy atom. The van der Waals surface area contributed by atoms with Crippen molar-refractivity contribution in [2.24, 2.45) is 0 Å². The standard InChI is InChI=1S/C18H21NOS/c1-13(2)21-17-12-8-7-11-16(17)18(20)19-14(3)15-9-5-4-6-10-15/h4-14H,1-3H3,(H,19,20)/t14-/m0/s1. The van der Waals surface area contributed by atoms with E-state index in [4.69, 9.17) is 0 Å². The zero-order valence-electron chi connectivity index (χ0n) is 12.7. The maximum absolute atomic E-state index is 12.5. The minimum Gasteiger partial charge on any atom is -0.345 e. The first-order valence-electron chi connectivity index (χ1n) is 7.19. The Hall–Kier alpha value is -1.74. The van der Waals surface area contributed by atoms with Gasteiger partial charge in [0.15, 0.2) is 0 Å². The Labute approximate surface area is 131 Å². The highest BCUT2D eigenvalue weighted by molar-refractivity contribution is 8.00. The largest absolute Gasteiger partial charge is 0.345 e. The summed E-state index contributed by atoms with van der Waals surface area (Å²) in [5.41, 5.74) is 1.86. The number of carbonyl (C=O) groups excluding carboxylic acids is 1. The van der Waals surface area contributed by atoms with Crippen LogP contribution in [0, 0.1) is 0 Å². The van der Waals surface area contributed by atoms with Gasteiger partial charge >= 0.3 is 0 Å². The first kappa shape index (κ1) is 15.6. The molecule has 0 aliphatic heterocycles. The fourth-order valence-corrected chi connectivity index (χ4v) is 3.06. The Morgan fingerprint density at radius 1 is 0.952 bits per heavy atom. The molecule has 0 bridgehead atoms. The molecule has 0 fully saturated rings. The molecule has 3 heteroatoms. The van der Waals surface area contributed by atoms with Crippen molar-refractivity contribution < 1.29 is 4.79 Å². The summed E-state index contributed by atoms with van der Waals surface area (Å²) >= 11 is 1.72. The van der Waals surface area contributed by atoms with Gasteiger partial charge in [-0.1, -0.05) is 56.3 Å². The lowest BCUT2D eigenvalue weighted by Gasteiger charge is -2.16. The van der Waals surface area contributed by atoms with Gasteiger partial charge in [0.05, 0.1) is 11.6 Å². The van der Waals surface area contributed by atoms with Gasteiger partial charge in [0, 0.05) is 10.1 Å². The summed E-state index contributed by atoms with van der Waals surface area (Å²) in [6.07, 6.45) is 0. The van der Waals surface area contributed by atoms with Crippen LogP contribution in [0.15, 0.2) is 59.5 Å². The van der Waals surface area contributed by atoms with Crippen LogP contribution in [0.4, 0.5) is 0 Å². The molecular weight excluding hydrogens is 278 g/mol. The summed E-state index contributed by atoms with van der Waals surface area (Å²) in [5.74, 6) is -0.0184. The molecule has 110 valence electrons. The van der Waals surface area contributed by atoms with Gasteiger partial charge in [-0.15, -0.1) is 11.8 Å². The number of rotatable bonds is 5. The third kappa shape index (κ3) is 4.36. The average Bonchev–Trinajstić information content (AvgIpc) is 2.48. The quantitative estimate of drug-likeness (QED) is 0.812. The van der Waals surface area contributed by atoms with Gasteiger partial charge in [0.25, 0.3) is 5.91 Å². The van der Waals surface area contributed by atoms with Crippen molar-refractivity contribution in [3.8, 4) is 0 Å². The van der Waals surface area contributed by atoms with Gasteiger partial charge < -0.3 is 5.32 Å². The maximum atomic E-state index is 12.5. The molecule has 0 aromatic heterocycles. The zero-order chi connectivity index (χ0) is 15.2. The van der Waals surface area contributed by atoms with Crippen molar-refractivity contribution in [2.45, 2.75) is 37.0 Å². The Bertz CT molecular complexity index is 595. The van der Waals surface area contributed by atoms with Crippen LogP contribution < -0.4 is 5.32 Å². The highest BCUT2D eigenvalue weighted by atomic mass is 32.2. The second-order valence-electron chi connectivity index (χ2n) is 5.27. The van der Waals surface area contributed by atoms with Crippen LogP contribution in [0.25, 0.3) is 0 Å². The van der Waals surface area contributed by atoms with Gasteiger partial charge in [0.2, 0.25) is 0 Å². The van der Waals surface area contributed by atoms with E-state index in [1.54, 1.807) is 11.8 Å². The van der Waals surface area contributed by atoms with Crippen molar-refractivity contribution in [1.29, 1.82) is 0 Å². The number of nitrogens with one attached hydrogen (secondary N) is 1. The van der Waals surface area contributed by atoms with Crippen LogP contribution in [0.3, 0.4) is 0 Å². The fourth-order valence-electron chi connectivity index (χ4n) is 2.11. The minimum atomic E-state index is -0.0184. The topological polar surface area (TPSA) is 29.1 Å². The summed E-state index contributed by atoms with van der Waals surface area (Å²) in [4.78, 5) is 13.5. The summed E-state index contributed by atoms with van der Waals surface area (Å²) in [5, 5.41) is 3.52. The van der Waals surface area contributed by atoms with Gasteiger partial charge in [-0.2, -0.15) is 0 Å². The third-order valence-electron chi connectivity index (χ3n) is 3.14. The van der Waals surface area contributed by atoms with Crippen molar-refractivity contribution in [1.82, 2.24) is 5.32 Å². The van der Waals surface area contributed by atoms with Crippen molar-refractivity contribution >= 4 is 17.7 Å². The maximum Gasteiger partial charge on any atom is 0.252 e. The van der Waals surface area contributed by atoms with Crippen molar-refractivity contribution in [2.75, 3.05) is 0 Å². The lowest BCUT2D eigenvalue weighted by atomic mass is 10.1.